The van der Waals surface area contributed by atoms with Crippen molar-refractivity contribution in [3.63, 3.8) is 0 Å². The molecule has 2 N–H and O–H groups in total. The molecule has 0 spiro atoms. The molecule has 1 aromatic heterocycles. The molecule has 0 unspecified atom stereocenters. The largest absolute Gasteiger partial charge is 0.326 e. The van der Waals surface area contributed by atoms with Crippen LogP contribution in [0.25, 0.3) is 11.4 Å². The lowest BCUT2D eigenvalue weighted by Gasteiger charge is -2.09. The number of nitrogens with zero attached hydrogens (tertiary/aromatic N) is 4. The third-order valence-electron chi connectivity index (χ3n) is 4.49. The number of aromatic nitrogens is 4. The minimum Gasteiger partial charge on any atom is -0.326 e. The first kappa shape index (κ1) is 19.2. The van der Waals surface area contributed by atoms with E-state index in [4.69, 9.17) is 0 Å². The van der Waals surface area contributed by atoms with E-state index < -0.39 is 10.0 Å². The van der Waals surface area contributed by atoms with E-state index in [9.17, 15) is 13.2 Å². The zero-order chi connectivity index (χ0) is 20.3. The highest BCUT2D eigenvalue weighted by Crippen LogP contribution is 2.36. The Morgan fingerprint density at radius 3 is 2.66 bits per heavy atom. The minimum absolute atomic E-state index is 0.00266. The lowest BCUT2D eigenvalue weighted by molar-refractivity contribution is -0.116. The van der Waals surface area contributed by atoms with E-state index in [-0.39, 0.29) is 23.8 Å². The molecule has 3 aromatic rings. The summed E-state index contributed by atoms with van der Waals surface area (Å²) in [7, 11) is -3.63. The number of tetrazole rings is 1. The second kappa shape index (κ2) is 8.10. The number of anilines is 1. The first-order valence-electron chi connectivity index (χ1n) is 9.26. The van der Waals surface area contributed by atoms with E-state index >= 15 is 0 Å². The highest BCUT2D eigenvalue weighted by Gasteiger charge is 2.28. The monoisotopic (exact) mass is 412 g/mol. The van der Waals surface area contributed by atoms with E-state index in [0.717, 1.165) is 18.4 Å². The molecule has 1 heterocycles. The van der Waals surface area contributed by atoms with Crippen LogP contribution in [-0.2, 0) is 14.8 Å². The third-order valence-corrected chi connectivity index (χ3v) is 5.96. The highest BCUT2D eigenvalue weighted by atomic mass is 32.2. The molecular formula is C19H20N6O3S. The van der Waals surface area contributed by atoms with Gasteiger partial charge in [0.1, 0.15) is 0 Å². The topological polar surface area (TPSA) is 119 Å². The van der Waals surface area contributed by atoms with Gasteiger partial charge in [-0.3, -0.25) is 4.79 Å². The van der Waals surface area contributed by atoms with Gasteiger partial charge in [0.05, 0.1) is 10.9 Å². The molecule has 4 rings (SSSR count). The Kier molecular flexibility index (Phi) is 5.36. The molecular weight excluding hydrogens is 392 g/mol. The van der Waals surface area contributed by atoms with Crippen molar-refractivity contribution in [2.45, 2.75) is 30.2 Å². The van der Waals surface area contributed by atoms with Crippen molar-refractivity contribution < 1.29 is 13.2 Å². The van der Waals surface area contributed by atoms with Gasteiger partial charge in [0.15, 0.2) is 5.82 Å². The van der Waals surface area contributed by atoms with E-state index in [2.05, 4.69) is 25.6 Å². The lowest BCUT2D eigenvalue weighted by Crippen LogP contribution is -2.27. The van der Waals surface area contributed by atoms with Crippen LogP contribution in [0.4, 0.5) is 5.69 Å². The summed E-state index contributed by atoms with van der Waals surface area (Å²) in [6.45, 7) is 0.00266. The molecule has 2 aromatic carbocycles. The van der Waals surface area contributed by atoms with Crippen molar-refractivity contribution >= 4 is 21.6 Å². The normalized spacial score (nSPS) is 13.9. The molecule has 1 amide bonds. The van der Waals surface area contributed by atoms with E-state index in [1.54, 1.807) is 35.0 Å². The fourth-order valence-electron chi connectivity index (χ4n) is 2.89. The van der Waals surface area contributed by atoms with E-state index in [1.807, 2.05) is 12.1 Å². The second-order valence-electron chi connectivity index (χ2n) is 6.77. The molecule has 1 fully saturated rings. The number of carbonyl (C=O) groups excluding carboxylic acids is 1. The number of sulfonamides is 1. The lowest BCUT2D eigenvalue weighted by atomic mass is 10.2. The number of rotatable bonds is 8. The standard InChI is InChI=1S/C19H20N6O3S/c26-18(11-12-20-29(27,28)17-7-2-1-3-8-17)21-15-6-4-5-14(13-15)19-22-23-24-25(19)16-9-10-16/h1-8,13,16,20H,9-12H2,(H,21,26). The SMILES string of the molecule is O=C(CCNS(=O)(=O)c1ccccc1)Nc1cccc(-c2nnnn2C2CC2)c1. The maximum atomic E-state index is 12.2. The minimum atomic E-state index is -3.63. The van der Waals surface area contributed by atoms with Gasteiger partial charge in [-0.1, -0.05) is 30.3 Å². The molecule has 0 radical (unpaired) electrons. The van der Waals surface area contributed by atoms with Gasteiger partial charge in [0.2, 0.25) is 15.9 Å². The summed E-state index contributed by atoms with van der Waals surface area (Å²) in [6.07, 6.45) is 2.14. The van der Waals surface area contributed by atoms with Crippen LogP contribution < -0.4 is 10.0 Å². The van der Waals surface area contributed by atoms with Gasteiger partial charge in [-0.05, 0) is 47.5 Å². The second-order valence-corrected chi connectivity index (χ2v) is 8.53. The van der Waals surface area contributed by atoms with Gasteiger partial charge in [-0.2, -0.15) is 0 Å². The van der Waals surface area contributed by atoms with E-state index in [1.165, 1.54) is 12.1 Å². The number of benzene rings is 2. The van der Waals surface area contributed by atoms with Gasteiger partial charge in [-0.25, -0.2) is 17.8 Å². The van der Waals surface area contributed by atoms with Crippen molar-refractivity contribution in [1.29, 1.82) is 0 Å². The summed E-state index contributed by atoms with van der Waals surface area (Å²) >= 11 is 0. The number of nitrogens with one attached hydrogen (secondary N) is 2. The first-order valence-corrected chi connectivity index (χ1v) is 10.7. The Labute approximate surface area is 168 Å². The van der Waals surface area contributed by atoms with Crippen molar-refractivity contribution in [1.82, 2.24) is 24.9 Å². The van der Waals surface area contributed by atoms with Crippen molar-refractivity contribution in [3.05, 3.63) is 54.6 Å². The van der Waals surface area contributed by atoms with Crippen LogP contribution in [0.2, 0.25) is 0 Å². The van der Waals surface area contributed by atoms with Crippen LogP contribution >= 0.6 is 0 Å². The fraction of sp³-hybridized carbons (Fsp3) is 0.263. The zero-order valence-corrected chi connectivity index (χ0v) is 16.3. The molecule has 0 atom stereocenters. The summed E-state index contributed by atoms with van der Waals surface area (Å²) in [5.74, 6) is 0.374. The van der Waals surface area contributed by atoms with Gasteiger partial charge in [0, 0.05) is 24.2 Å². The van der Waals surface area contributed by atoms with Crippen LogP contribution in [0.1, 0.15) is 25.3 Å². The molecule has 0 saturated heterocycles. The van der Waals surface area contributed by atoms with E-state index in [0.29, 0.717) is 17.6 Å². The van der Waals surface area contributed by atoms with Crippen molar-refractivity contribution in [3.8, 4) is 11.4 Å². The number of amides is 1. The number of carbonyl (C=O) groups is 1. The Morgan fingerprint density at radius 2 is 1.90 bits per heavy atom. The molecule has 29 heavy (non-hydrogen) atoms. The predicted octanol–water partition coefficient (Wildman–Crippen LogP) is 1.98. The van der Waals surface area contributed by atoms with Crippen LogP contribution in [0, 0.1) is 0 Å². The Morgan fingerprint density at radius 1 is 1.10 bits per heavy atom. The third kappa shape index (κ3) is 4.66. The summed E-state index contributed by atoms with van der Waals surface area (Å²) in [5, 5.41) is 14.7. The van der Waals surface area contributed by atoms with Crippen LogP contribution in [0.5, 0.6) is 0 Å². The molecule has 1 aliphatic carbocycles. The van der Waals surface area contributed by atoms with Gasteiger partial charge < -0.3 is 5.32 Å². The number of hydrogen-bond donors (Lipinski definition) is 2. The zero-order valence-electron chi connectivity index (χ0n) is 15.5. The molecule has 1 aliphatic rings. The molecule has 0 bridgehead atoms. The summed E-state index contributed by atoms with van der Waals surface area (Å²) in [5.41, 5.74) is 1.41. The first-order chi connectivity index (χ1) is 14.0. The van der Waals surface area contributed by atoms with Gasteiger partial charge in [-0.15, -0.1) is 5.10 Å². The fourth-order valence-corrected chi connectivity index (χ4v) is 3.94. The molecule has 150 valence electrons. The summed E-state index contributed by atoms with van der Waals surface area (Å²) < 4.78 is 28.6. The highest BCUT2D eigenvalue weighted by molar-refractivity contribution is 7.89. The van der Waals surface area contributed by atoms with Crippen molar-refractivity contribution in [2.24, 2.45) is 0 Å². The summed E-state index contributed by atoms with van der Waals surface area (Å²) in [4.78, 5) is 12.4. The molecule has 1 saturated carbocycles. The predicted molar refractivity (Wildman–Crippen MR) is 106 cm³/mol. The molecule has 10 heteroatoms. The Hall–Kier alpha value is -3.11. The van der Waals surface area contributed by atoms with Crippen LogP contribution in [0.15, 0.2) is 59.5 Å². The maximum Gasteiger partial charge on any atom is 0.240 e. The molecule has 9 nitrogen and oxygen atoms in total. The van der Waals surface area contributed by atoms with Gasteiger partial charge >= 0.3 is 0 Å². The molecule has 0 aliphatic heterocycles. The van der Waals surface area contributed by atoms with Crippen molar-refractivity contribution in [2.75, 3.05) is 11.9 Å². The average molecular weight is 412 g/mol. The quantitative estimate of drug-likeness (QED) is 0.584. The Balaban J connectivity index is 1.35. The van der Waals surface area contributed by atoms with Crippen LogP contribution in [0.3, 0.4) is 0 Å². The Bertz CT molecular complexity index is 1110. The average Bonchev–Trinajstić information content (AvgIpc) is 3.45. The number of hydrogen-bond acceptors (Lipinski definition) is 6. The summed E-state index contributed by atoms with van der Waals surface area (Å²) in [6, 6.07) is 15.6. The maximum absolute atomic E-state index is 12.2. The smallest absolute Gasteiger partial charge is 0.240 e. The van der Waals surface area contributed by atoms with Gasteiger partial charge in [0.25, 0.3) is 0 Å². The van der Waals surface area contributed by atoms with Crippen LogP contribution in [-0.4, -0.2) is 41.1 Å².